The Morgan fingerprint density at radius 3 is 2.62 bits per heavy atom. The van der Waals surface area contributed by atoms with Crippen LogP contribution in [0.3, 0.4) is 0 Å². The van der Waals surface area contributed by atoms with Gasteiger partial charge in [0, 0.05) is 49.7 Å². The Bertz CT molecular complexity index is 1100. The van der Waals surface area contributed by atoms with Crippen LogP contribution in [0.4, 0.5) is 4.39 Å². The number of halogens is 2. The van der Waals surface area contributed by atoms with Gasteiger partial charge in [-0.15, -0.1) is 11.3 Å². The van der Waals surface area contributed by atoms with Crippen molar-refractivity contribution >= 4 is 33.0 Å². The quantitative estimate of drug-likeness (QED) is 0.621. The number of hydrogen-bond acceptors (Lipinski definition) is 5. The molecule has 0 unspecified atom stereocenters. The van der Waals surface area contributed by atoms with Crippen molar-refractivity contribution in [1.29, 1.82) is 0 Å². The number of aromatic nitrogens is 2. The molecular formula is C19H20ClFN4O2S2. The number of sulfonamides is 1. The lowest BCUT2D eigenvalue weighted by Gasteiger charge is -2.20. The third kappa shape index (κ3) is 4.39. The zero-order valence-corrected chi connectivity index (χ0v) is 18.0. The first-order valence-electron chi connectivity index (χ1n) is 9.04. The first kappa shape index (κ1) is 20.5. The SMILES string of the molecule is Cn1cnc(S(=O)(=O)N2C[C@H](NCc3ccc(Cl)s3)[C@@H](c3ccc(F)cc3)C2)c1. The summed E-state index contributed by atoms with van der Waals surface area (Å²) in [5.41, 5.74) is 0.895. The summed E-state index contributed by atoms with van der Waals surface area (Å²) in [6, 6.07) is 9.90. The minimum atomic E-state index is -3.71. The highest BCUT2D eigenvalue weighted by Gasteiger charge is 2.40. The minimum Gasteiger partial charge on any atom is -0.339 e. The van der Waals surface area contributed by atoms with Crippen molar-refractivity contribution in [1.82, 2.24) is 19.2 Å². The Balaban J connectivity index is 1.58. The topological polar surface area (TPSA) is 67.2 Å². The van der Waals surface area contributed by atoms with E-state index in [1.54, 1.807) is 23.7 Å². The molecule has 3 aromatic rings. The average molecular weight is 455 g/mol. The highest BCUT2D eigenvalue weighted by molar-refractivity contribution is 7.89. The molecule has 6 nitrogen and oxygen atoms in total. The van der Waals surface area contributed by atoms with E-state index in [4.69, 9.17) is 11.6 Å². The maximum Gasteiger partial charge on any atom is 0.262 e. The lowest BCUT2D eigenvalue weighted by Crippen LogP contribution is -2.36. The zero-order valence-electron chi connectivity index (χ0n) is 15.6. The van der Waals surface area contributed by atoms with Crippen molar-refractivity contribution in [2.75, 3.05) is 13.1 Å². The Morgan fingerprint density at radius 1 is 1.24 bits per heavy atom. The summed E-state index contributed by atoms with van der Waals surface area (Å²) in [5, 5.41) is 3.49. The maximum atomic E-state index is 13.4. The van der Waals surface area contributed by atoms with E-state index in [2.05, 4.69) is 10.3 Å². The van der Waals surface area contributed by atoms with E-state index in [-0.39, 0.29) is 22.8 Å². The fourth-order valence-electron chi connectivity index (χ4n) is 3.55. The van der Waals surface area contributed by atoms with E-state index in [1.807, 2.05) is 12.1 Å². The second-order valence-electron chi connectivity index (χ2n) is 7.05. The summed E-state index contributed by atoms with van der Waals surface area (Å²) in [7, 11) is -1.98. The van der Waals surface area contributed by atoms with Gasteiger partial charge in [0.2, 0.25) is 0 Å². The molecule has 0 bridgehead atoms. The van der Waals surface area contributed by atoms with Crippen molar-refractivity contribution in [2.24, 2.45) is 7.05 Å². The normalized spacial score (nSPS) is 20.4. The number of benzene rings is 1. The van der Waals surface area contributed by atoms with Crippen LogP contribution < -0.4 is 5.32 Å². The van der Waals surface area contributed by atoms with Crippen LogP contribution in [-0.2, 0) is 23.6 Å². The molecule has 3 heterocycles. The Hall–Kier alpha value is -1.78. The zero-order chi connectivity index (χ0) is 20.6. The summed E-state index contributed by atoms with van der Waals surface area (Å²) in [5.74, 6) is -0.424. The second-order valence-corrected chi connectivity index (χ2v) is 10.7. The fourth-order valence-corrected chi connectivity index (χ4v) is 6.05. The van der Waals surface area contributed by atoms with Gasteiger partial charge in [-0.05, 0) is 29.8 Å². The third-order valence-electron chi connectivity index (χ3n) is 5.04. The van der Waals surface area contributed by atoms with Crippen LogP contribution in [0, 0.1) is 5.82 Å². The molecule has 2 atom stereocenters. The summed E-state index contributed by atoms with van der Waals surface area (Å²) in [4.78, 5) is 5.08. The van der Waals surface area contributed by atoms with E-state index >= 15 is 0 Å². The summed E-state index contributed by atoms with van der Waals surface area (Å²) >= 11 is 7.49. The molecule has 1 aromatic carbocycles. The Morgan fingerprint density at radius 2 is 2.00 bits per heavy atom. The molecule has 0 spiro atoms. The smallest absolute Gasteiger partial charge is 0.262 e. The number of rotatable bonds is 6. The van der Waals surface area contributed by atoms with Gasteiger partial charge in [-0.25, -0.2) is 17.8 Å². The molecular weight excluding hydrogens is 435 g/mol. The lowest BCUT2D eigenvalue weighted by molar-refractivity contribution is 0.454. The summed E-state index contributed by atoms with van der Waals surface area (Å²) in [6.07, 6.45) is 2.97. The van der Waals surface area contributed by atoms with Crippen molar-refractivity contribution in [3.8, 4) is 0 Å². The van der Waals surface area contributed by atoms with Crippen molar-refractivity contribution in [2.45, 2.75) is 23.5 Å². The number of nitrogens with one attached hydrogen (secondary N) is 1. The third-order valence-corrected chi connectivity index (χ3v) is 7.99. The number of hydrogen-bond donors (Lipinski definition) is 1. The molecule has 1 aliphatic heterocycles. The molecule has 2 aromatic heterocycles. The fraction of sp³-hybridized carbons (Fsp3) is 0.316. The minimum absolute atomic E-state index is 0.0311. The maximum absolute atomic E-state index is 13.4. The largest absolute Gasteiger partial charge is 0.339 e. The highest BCUT2D eigenvalue weighted by Crippen LogP contribution is 2.32. The molecule has 1 fully saturated rings. The van der Waals surface area contributed by atoms with Crippen LogP contribution in [0.5, 0.6) is 0 Å². The first-order chi connectivity index (χ1) is 13.8. The van der Waals surface area contributed by atoms with Crippen LogP contribution in [0.15, 0.2) is 53.9 Å². The van der Waals surface area contributed by atoms with Gasteiger partial charge in [0.1, 0.15) is 5.82 Å². The summed E-state index contributed by atoms with van der Waals surface area (Å²) in [6.45, 7) is 1.19. The van der Waals surface area contributed by atoms with Crippen LogP contribution >= 0.6 is 22.9 Å². The van der Waals surface area contributed by atoms with Crippen molar-refractivity contribution < 1.29 is 12.8 Å². The van der Waals surface area contributed by atoms with Crippen LogP contribution in [-0.4, -0.2) is 41.4 Å². The predicted molar refractivity (Wildman–Crippen MR) is 111 cm³/mol. The molecule has 0 saturated carbocycles. The number of aryl methyl sites for hydroxylation is 1. The van der Waals surface area contributed by atoms with Gasteiger partial charge in [-0.2, -0.15) is 4.31 Å². The molecule has 10 heteroatoms. The molecule has 1 N–H and O–H groups in total. The number of imidazole rings is 1. The van der Waals surface area contributed by atoms with Crippen molar-refractivity contribution in [3.05, 3.63) is 69.5 Å². The molecule has 4 rings (SSSR count). The standard InChI is InChI=1S/C19H20ClFN4O2S2/c1-24-11-19(23-12-24)29(26,27)25-9-16(13-2-4-14(21)5-3-13)17(10-25)22-8-15-6-7-18(20)28-15/h2-7,11-12,16-17,22H,8-10H2,1H3/t16-,17+/m1/s1. The van der Waals surface area contributed by atoms with E-state index in [0.29, 0.717) is 24.0 Å². The monoisotopic (exact) mass is 454 g/mol. The van der Waals surface area contributed by atoms with Crippen LogP contribution in [0.1, 0.15) is 16.4 Å². The molecule has 0 aliphatic carbocycles. The average Bonchev–Trinajstić information content (AvgIpc) is 3.41. The van der Waals surface area contributed by atoms with E-state index in [9.17, 15) is 12.8 Å². The van der Waals surface area contributed by atoms with E-state index < -0.39 is 10.0 Å². The van der Waals surface area contributed by atoms with Gasteiger partial charge >= 0.3 is 0 Å². The van der Waals surface area contributed by atoms with Crippen molar-refractivity contribution in [3.63, 3.8) is 0 Å². The molecule has 0 amide bonds. The Kier molecular flexibility index (Phi) is 5.76. The molecule has 154 valence electrons. The lowest BCUT2D eigenvalue weighted by atomic mass is 9.94. The van der Waals surface area contributed by atoms with Gasteiger partial charge < -0.3 is 9.88 Å². The van der Waals surface area contributed by atoms with Gasteiger partial charge in [0.15, 0.2) is 5.03 Å². The molecule has 29 heavy (non-hydrogen) atoms. The van der Waals surface area contributed by atoms with Crippen LogP contribution in [0.2, 0.25) is 4.34 Å². The van der Waals surface area contributed by atoms with Gasteiger partial charge in [0.25, 0.3) is 10.0 Å². The van der Waals surface area contributed by atoms with Gasteiger partial charge in [-0.1, -0.05) is 23.7 Å². The molecule has 0 radical (unpaired) electrons. The molecule has 1 aliphatic rings. The second kappa shape index (κ2) is 8.16. The van der Waals surface area contributed by atoms with Crippen LogP contribution in [0.25, 0.3) is 0 Å². The number of thiophene rings is 1. The molecule has 1 saturated heterocycles. The highest BCUT2D eigenvalue weighted by atomic mass is 35.5. The first-order valence-corrected chi connectivity index (χ1v) is 11.7. The predicted octanol–water partition coefficient (Wildman–Crippen LogP) is 3.22. The number of nitrogens with zero attached hydrogens (tertiary/aromatic N) is 3. The van der Waals surface area contributed by atoms with E-state index in [1.165, 1.54) is 40.3 Å². The Labute approximate surface area is 178 Å². The van der Waals surface area contributed by atoms with Gasteiger partial charge in [0.05, 0.1) is 10.7 Å². The van der Waals surface area contributed by atoms with Gasteiger partial charge in [-0.3, -0.25) is 0 Å². The summed E-state index contributed by atoms with van der Waals surface area (Å²) < 4.78 is 43.3. The van der Waals surface area contributed by atoms with E-state index in [0.717, 1.165) is 10.4 Å².